The largest absolute Gasteiger partial charge is 0.437 e. The van der Waals surface area contributed by atoms with Crippen LogP contribution in [0.2, 0.25) is 6.82 Å². The van der Waals surface area contributed by atoms with Gasteiger partial charge in [-0.15, -0.1) is 0 Å². The summed E-state index contributed by atoms with van der Waals surface area (Å²) in [6.07, 6.45) is 0.0225. The number of nitrogens with zero attached hydrogens (tertiary/aromatic N) is 1. The van der Waals surface area contributed by atoms with E-state index in [4.69, 9.17) is 4.84 Å². The van der Waals surface area contributed by atoms with Crippen LogP contribution in [-0.2, 0) is 19.5 Å². The minimum Gasteiger partial charge on any atom is -0.437 e. The van der Waals surface area contributed by atoms with Gasteiger partial charge in [0, 0.05) is 7.05 Å². The maximum absolute atomic E-state index is 12.2. The second-order valence-corrected chi connectivity index (χ2v) is 6.94. The van der Waals surface area contributed by atoms with E-state index in [1.54, 1.807) is 18.2 Å². The monoisotopic (exact) mass is 328 g/mol. The van der Waals surface area contributed by atoms with Crippen LogP contribution in [0.4, 0.5) is 0 Å². The summed E-state index contributed by atoms with van der Waals surface area (Å²) in [5.74, 6) is -0.670. The van der Waals surface area contributed by atoms with Gasteiger partial charge < -0.3 is 10.3 Å². The van der Waals surface area contributed by atoms with Crippen LogP contribution in [0.5, 0.6) is 0 Å². The molecule has 1 amide bonds. The van der Waals surface area contributed by atoms with Crippen molar-refractivity contribution in [2.24, 2.45) is 0 Å². The van der Waals surface area contributed by atoms with E-state index in [9.17, 15) is 18.2 Å². The van der Waals surface area contributed by atoms with E-state index < -0.39 is 28.8 Å². The number of carbonyl (C=O) groups is 1. The summed E-state index contributed by atoms with van der Waals surface area (Å²) in [7, 11) is -1.68. The smallest absolute Gasteiger partial charge is 0.374 e. The van der Waals surface area contributed by atoms with E-state index in [1.807, 2.05) is 0 Å². The van der Waals surface area contributed by atoms with Crippen molar-refractivity contribution in [1.82, 2.24) is 10.3 Å². The first-order chi connectivity index (χ1) is 10.3. The average Bonchev–Trinajstić information content (AvgIpc) is 2.50. The summed E-state index contributed by atoms with van der Waals surface area (Å²) < 4.78 is 24.5. The molecule has 0 aliphatic carbocycles. The van der Waals surface area contributed by atoms with Gasteiger partial charge in [0.15, 0.2) is 9.84 Å². The predicted octanol–water partition coefficient (Wildman–Crippen LogP) is -0.0613. The van der Waals surface area contributed by atoms with Crippen LogP contribution < -0.4 is 5.23 Å². The number of hydrogen-bond donors (Lipinski definition) is 2. The fourth-order valence-corrected chi connectivity index (χ4v) is 3.25. The van der Waals surface area contributed by atoms with Gasteiger partial charge in [0.1, 0.15) is 0 Å². The molecule has 0 heterocycles. The zero-order valence-electron chi connectivity index (χ0n) is 12.9. The molecule has 0 saturated heterocycles. The average molecular weight is 328 g/mol. The number of carbonyl (C=O) groups excluding carboxylic acids is 1. The first-order valence-electron chi connectivity index (χ1n) is 6.81. The van der Waals surface area contributed by atoms with Crippen molar-refractivity contribution < 1.29 is 23.1 Å². The lowest BCUT2D eigenvalue weighted by atomic mass is 9.86. The zero-order valence-corrected chi connectivity index (χ0v) is 13.7. The minimum absolute atomic E-state index is 0.0225. The van der Waals surface area contributed by atoms with E-state index in [-0.39, 0.29) is 17.1 Å². The van der Waals surface area contributed by atoms with Crippen LogP contribution in [-0.4, -0.2) is 57.4 Å². The quantitative estimate of drug-likeness (QED) is 0.513. The molecule has 0 aromatic heterocycles. The molecule has 1 aromatic rings. The third kappa shape index (κ3) is 5.41. The second-order valence-electron chi connectivity index (χ2n) is 4.83. The van der Waals surface area contributed by atoms with Crippen molar-refractivity contribution in [3.05, 3.63) is 30.3 Å². The first kappa shape index (κ1) is 18.6. The van der Waals surface area contributed by atoms with Gasteiger partial charge in [0.25, 0.3) is 5.91 Å². The van der Waals surface area contributed by atoms with Gasteiger partial charge in [-0.3, -0.25) is 9.63 Å². The van der Waals surface area contributed by atoms with E-state index in [0.29, 0.717) is 0 Å². The number of hydroxylamine groups is 2. The Kier molecular flexibility index (Phi) is 7.01. The highest BCUT2D eigenvalue weighted by Crippen LogP contribution is 2.12. The highest BCUT2D eigenvalue weighted by atomic mass is 32.2. The summed E-state index contributed by atoms with van der Waals surface area (Å²) in [5.41, 5.74) is 0. The number of benzene rings is 1. The Morgan fingerprint density at radius 1 is 1.41 bits per heavy atom. The van der Waals surface area contributed by atoms with E-state index in [1.165, 1.54) is 33.1 Å². The highest BCUT2D eigenvalue weighted by molar-refractivity contribution is 7.91. The van der Waals surface area contributed by atoms with Gasteiger partial charge in [0.2, 0.25) is 0 Å². The molecular formula is C13H21BN2O5S. The molecule has 2 N–H and O–H groups in total. The lowest BCUT2D eigenvalue weighted by molar-refractivity contribution is -0.170. The Bertz CT molecular complexity index is 579. The molecule has 0 aliphatic heterocycles. The Labute approximate surface area is 131 Å². The minimum atomic E-state index is -3.49. The van der Waals surface area contributed by atoms with E-state index in [0.717, 1.165) is 5.06 Å². The van der Waals surface area contributed by atoms with Gasteiger partial charge in [-0.1, -0.05) is 18.2 Å². The molecule has 7 nitrogen and oxygen atoms in total. The zero-order chi connectivity index (χ0) is 16.8. The van der Waals surface area contributed by atoms with Crippen molar-refractivity contribution in [2.45, 2.75) is 24.2 Å². The summed E-state index contributed by atoms with van der Waals surface area (Å²) in [6.45, 7) is 1.46. The van der Waals surface area contributed by atoms with Gasteiger partial charge in [-0.2, -0.15) is 0 Å². The van der Waals surface area contributed by atoms with Crippen LogP contribution in [0, 0.1) is 0 Å². The topological polar surface area (TPSA) is 95.9 Å². The number of nitrogens with one attached hydrogen (secondary N) is 1. The molecule has 0 radical (unpaired) electrons. The molecule has 122 valence electrons. The van der Waals surface area contributed by atoms with Crippen LogP contribution in [0.15, 0.2) is 35.2 Å². The van der Waals surface area contributed by atoms with Crippen LogP contribution >= 0.6 is 0 Å². The summed E-state index contributed by atoms with van der Waals surface area (Å²) >= 11 is 0. The summed E-state index contributed by atoms with van der Waals surface area (Å²) in [5, 5.41) is 13.0. The normalized spacial score (nSPS) is 12.7. The molecular weight excluding hydrogens is 307 g/mol. The number of hydrogen-bond acceptors (Lipinski definition) is 6. The second kappa shape index (κ2) is 8.28. The molecule has 0 fully saturated rings. The molecule has 0 spiro atoms. The van der Waals surface area contributed by atoms with Gasteiger partial charge in [-0.25, -0.2) is 13.5 Å². The molecule has 1 aromatic carbocycles. The van der Waals surface area contributed by atoms with Crippen LogP contribution in [0.1, 0.15) is 6.42 Å². The lowest BCUT2D eigenvalue weighted by Crippen LogP contribution is -2.50. The third-order valence-corrected chi connectivity index (χ3v) is 4.87. The summed E-state index contributed by atoms with van der Waals surface area (Å²) in [4.78, 5) is 17.1. The maximum Gasteiger partial charge on any atom is 0.374 e. The molecule has 0 bridgehead atoms. The number of likely N-dealkylation sites (N-methyl/N-ethyl adjacent to an activating group) is 1. The van der Waals surface area contributed by atoms with Gasteiger partial charge in [0.05, 0.1) is 23.8 Å². The molecule has 1 atom stereocenters. The molecule has 0 aliphatic rings. The first-order valence-corrected chi connectivity index (χ1v) is 8.46. The Morgan fingerprint density at radius 2 is 2.00 bits per heavy atom. The van der Waals surface area contributed by atoms with Crippen molar-refractivity contribution in [3.8, 4) is 0 Å². The fraction of sp³-hybridized carbons (Fsp3) is 0.462. The van der Waals surface area contributed by atoms with Crippen molar-refractivity contribution in [1.29, 1.82) is 0 Å². The van der Waals surface area contributed by atoms with E-state index in [2.05, 4.69) is 5.23 Å². The van der Waals surface area contributed by atoms with Gasteiger partial charge >= 0.3 is 7.05 Å². The number of amides is 1. The van der Waals surface area contributed by atoms with E-state index >= 15 is 0 Å². The molecule has 0 unspecified atom stereocenters. The van der Waals surface area contributed by atoms with Crippen molar-refractivity contribution in [2.75, 3.05) is 19.9 Å². The molecule has 22 heavy (non-hydrogen) atoms. The molecule has 9 heteroatoms. The Morgan fingerprint density at radius 3 is 2.50 bits per heavy atom. The van der Waals surface area contributed by atoms with Crippen molar-refractivity contribution >= 4 is 22.8 Å². The highest BCUT2D eigenvalue weighted by Gasteiger charge is 2.27. The lowest BCUT2D eigenvalue weighted by Gasteiger charge is -2.23. The Balaban J connectivity index is 2.81. The number of rotatable bonds is 8. The Hall–Kier alpha value is -1.42. The standard InChI is InChI=1S/C13H21BN2O5S/c1-14(18)15-12(13(17)16(2)21-3)9-10-22(19,20)11-7-5-4-6-8-11/h4-8,12,15,18H,9-10H2,1-3H3/t12-/m0/s1. The molecule has 1 rings (SSSR count). The maximum atomic E-state index is 12.2. The van der Waals surface area contributed by atoms with Crippen LogP contribution in [0.3, 0.4) is 0 Å². The fourth-order valence-electron chi connectivity index (χ4n) is 1.90. The SMILES string of the molecule is CON(C)C(=O)[C@H](CCS(=O)(=O)c1ccccc1)NB(C)O. The number of sulfone groups is 1. The van der Waals surface area contributed by atoms with Crippen molar-refractivity contribution in [3.63, 3.8) is 0 Å². The third-order valence-electron chi connectivity index (χ3n) is 3.10. The molecule has 0 saturated carbocycles. The summed E-state index contributed by atoms with van der Waals surface area (Å²) in [6, 6.07) is 7.17. The van der Waals surface area contributed by atoms with Crippen LogP contribution in [0.25, 0.3) is 0 Å². The predicted molar refractivity (Wildman–Crippen MR) is 83.7 cm³/mol. The van der Waals surface area contributed by atoms with Gasteiger partial charge in [-0.05, 0) is 25.4 Å².